The molecule has 5 nitrogen and oxygen atoms in total. The third-order valence-corrected chi connectivity index (χ3v) is 8.66. The van der Waals surface area contributed by atoms with Gasteiger partial charge in [0.15, 0.2) is 0 Å². The third-order valence-electron chi connectivity index (χ3n) is 6.20. The van der Waals surface area contributed by atoms with Gasteiger partial charge in [0.25, 0.3) is 0 Å². The van der Waals surface area contributed by atoms with Crippen molar-refractivity contribution in [1.82, 2.24) is 13.9 Å². The van der Waals surface area contributed by atoms with E-state index in [9.17, 15) is 8.42 Å². The van der Waals surface area contributed by atoms with Gasteiger partial charge < -0.3 is 0 Å². The van der Waals surface area contributed by atoms with Crippen LogP contribution in [0.15, 0.2) is 36.4 Å². The second-order valence-corrected chi connectivity index (χ2v) is 11.1. The van der Waals surface area contributed by atoms with Gasteiger partial charge in [-0.2, -0.15) is 9.40 Å². The number of hydrogen-bond donors (Lipinski definition) is 0. The van der Waals surface area contributed by atoms with E-state index in [0.29, 0.717) is 24.5 Å². The second-order valence-electron chi connectivity index (χ2n) is 8.31. The minimum absolute atomic E-state index is 0.329. The molecular formula is C23H24ClN3O2S. The largest absolute Gasteiger partial charge is 0.232 e. The molecule has 4 aromatic rings. The summed E-state index contributed by atoms with van der Waals surface area (Å²) in [7, 11) is -3.35. The number of aryl methyl sites for hydroxylation is 1. The van der Waals surface area contributed by atoms with Gasteiger partial charge in [0.05, 0.1) is 28.5 Å². The Bertz CT molecular complexity index is 1430. The molecule has 1 aliphatic heterocycles. The first-order valence-corrected chi connectivity index (χ1v) is 12.2. The molecule has 0 fully saturated rings. The summed E-state index contributed by atoms with van der Waals surface area (Å²) in [5, 5.41) is 8.38. The minimum atomic E-state index is -3.35. The molecule has 0 bridgehead atoms. The maximum atomic E-state index is 13.1. The lowest BCUT2D eigenvalue weighted by molar-refractivity contribution is 0.417. The molecule has 156 valence electrons. The zero-order valence-electron chi connectivity index (χ0n) is 17.3. The van der Waals surface area contributed by atoms with Crippen molar-refractivity contribution in [2.75, 3.05) is 0 Å². The van der Waals surface area contributed by atoms with Gasteiger partial charge in [-0.05, 0) is 49.9 Å². The van der Waals surface area contributed by atoms with Crippen LogP contribution < -0.4 is 0 Å². The van der Waals surface area contributed by atoms with E-state index in [1.165, 1.54) is 5.56 Å². The SMILES string of the molecule is CCCC(C)S(=O)(=O)N1Cc2nn3c4ccc(C)cc4c4cc(Cl)ccc4c3c2C1. The maximum Gasteiger partial charge on any atom is 0.217 e. The molecule has 1 aliphatic rings. The van der Waals surface area contributed by atoms with Crippen molar-refractivity contribution >= 4 is 48.8 Å². The molecule has 0 N–H and O–H groups in total. The van der Waals surface area contributed by atoms with Crippen LogP contribution in [0.5, 0.6) is 0 Å². The highest BCUT2D eigenvalue weighted by molar-refractivity contribution is 7.89. The van der Waals surface area contributed by atoms with E-state index in [4.69, 9.17) is 16.7 Å². The molecule has 30 heavy (non-hydrogen) atoms. The minimum Gasteiger partial charge on any atom is -0.232 e. The van der Waals surface area contributed by atoms with Crippen molar-refractivity contribution < 1.29 is 8.42 Å². The third kappa shape index (κ3) is 2.85. The first kappa shape index (κ1) is 19.8. The average Bonchev–Trinajstić information content (AvgIpc) is 3.27. The lowest BCUT2D eigenvalue weighted by atomic mass is 10.0. The Morgan fingerprint density at radius 3 is 2.67 bits per heavy atom. The van der Waals surface area contributed by atoms with E-state index in [-0.39, 0.29) is 5.25 Å². The Kier molecular flexibility index (Phi) is 4.58. The Labute approximate surface area is 181 Å². The Morgan fingerprint density at radius 1 is 1.10 bits per heavy atom. The van der Waals surface area contributed by atoms with Crippen LogP contribution in [0, 0.1) is 6.92 Å². The summed E-state index contributed by atoms with van der Waals surface area (Å²) in [5.74, 6) is 0. The fraction of sp³-hybridized carbons (Fsp3) is 0.348. The summed E-state index contributed by atoms with van der Waals surface area (Å²) in [6.07, 6.45) is 1.51. The first-order chi connectivity index (χ1) is 14.3. The van der Waals surface area contributed by atoms with Crippen molar-refractivity contribution in [3.8, 4) is 0 Å². The van der Waals surface area contributed by atoms with E-state index in [0.717, 1.165) is 44.9 Å². The van der Waals surface area contributed by atoms with Gasteiger partial charge in [0.2, 0.25) is 10.0 Å². The molecule has 0 radical (unpaired) electrons. The van der Waals surface area contributed by atoms with Gasteiger partial charge in [0, 0.05) is 27.9 Å². The maximum absolute atomic E-state index is 13.1. The zero-order valence-corrected chi connectivity index (χ0v) is 18.9. The van der Waals surface area contributed by atoms with Crippen molar-refractivity contribution in [3.05, 3.63) is 58.2 Å². The first-order valence-electron chi connectivity index (χ1n) is 10.3. The molecule has 1 atom stereocenters. The van der Waals surface area contributed by atoms with Crippen LogP contribution in [-0.4, -0.2) is 27.6 Å². The van der Waals surface area contributed by atoms with Crippen LogP contribution in [0.1, 0.15) is 43.5 Å². The predicted octanol–water partition coefficient (Wildman–Crippen LogP) is 5.44. The summed E-state index contributed by atoms with van der Waals surface area (Å²) < 4.78 is 29.7. The summed E-state index contributed by atoms with van der Waals surface area (Å²) in [6.45, 7) is 6.58. The number of sulfonamides is 1. The number of nitrogens with zero attached hydrogens (tertiary/aromatic N) is 3. The number of aromatic nitrogens is 2. The highest BCUT2D eigenvalue weighted by atomic mass is 35.5. The molecule has 7 heteroatoms. The van der Waals surface area contributed by atoms with Gasteiger partial charge in [-0.1, -0.05) is 42.6 Å². The second kappa shape index (κ2) is 6.94. The summed E-state index contributed by atoms with van der Waals surface area (Å²) in [6, 6.07) is 12.2. The summed E-state index contributed by atoms with van der Waals surface area (Å²) in [4.78, 5) is 0. The number of hydrogen-bond acceptors (Lipinski definition) is 3. The number of halogens is 1. The Balaban J connectivity index is 1.75. The van der Waals surface area contributed by atoms with Crippen LogP contribution in [0.3, 0.4) is 0 Å². The number of fused-ring (bicyclic) bond motifs is 8. The van der Waals surface area contributed by atoms with E-state index in [1.54, 1.807) is 11.2 Å². The van der Waals surface area contributed by atoms with Gasteiger partial charge in [-0.15, -0.1) is 0 Å². The molecule has 0 amide bonds. The average molecular weight is 442 g/mol. The number of rotatable bonds is 4. The smallest absolute Gasteiger partial charge is 0.217 e. The van der Waals surface area contributed by atoms with Gasteiger partial charge in [-0.25, -0.2) is 12.9 Å². The highest BCUT2D eigenvalue weighted by Crippen LogP contribution is 2.38. The molecule has 2 aromatic carbocycles. The van der Waals surface area contributed by atoms with Gasteiger partial charge in [0.1, 0.15) is 0 Å². The monoisotopic (exact) mass is 441 g/mol. The van der Waals surface area contributed by atoms with Crippen molar-refractivity contribution in [3.63, 3.8) is 0 Å². The lowest BCUT2D eigenvalue weighted by Gasteiger charge is -2.21. The Morgan fingerprint density at radius 2 is 1.90 bits per heavy atom. The van der Waals surface area contributed by atoms with E-state index in [1.807, 2.05) is 29.6 Å². The molecule has 0 saturated heterocycles. The fourth-order valence-corrected chi connectivity index (χ4v) is 6.45. The standard InChI is InChI=1S/C23H24ClN3O2S/c1-4-5-15(3)30(28,29)26-12-20-21(13-26)25-27-22-9-6-14(2)10-19(22)18-11-16(24)7-8-17(18)23(20)27/h6-11,15H,4-5,12-13H2,1-3H3. The van der Waals surface area contributed by atoms with Crippen LogP contribution in [0.4, 0.5) is 0 Å². The normalized spacial score (nSPS) is 16.0. The van der Waals surface area contributed by atoms with E-state index >= 15 is 0 Å². The molecule has 5 rings (SSSR count). The molecule has 0 spiro atoms. The predicted molar refractivity (Wildman–Crippen MR) is 122 cm³/mol. The van der Waals surface area contributed by atoms with E-state index in [2.05, 4.69) is 25.1 Å². The lowest BCUT2D eigenvalue weighted by Crippen LogP contribution is -2.34. The molecule has 2 aromatic heterocycles. The van der Waals surface area contributed by atoms with Crippen molar-refractivity contribution in [2.24, 2.45) is 0 Å². The number of benzene rings is 2. The Hall–Kier alpha value is -2.15. The van der Waals surface area contributed by atoms with Crippen LogP contribution in [0.25, 0.3) is 27.2 Å². The molecule has 0 aliphatic carbocycles. The zero-order chi connectivity index (χ0) is 21.2. The van der Waals surface area contributed by atoms with Crippen molar-refractivity contribution in [2.45, 2.75) is 52.0 Å². The molecule has 0 saturated carbocycles. The number of pyridine rings is 1. The van der Waals surface area contributed by atoms with Crippen molar-refractivity contribution in [1.29, 1.82) is 0 Å². The van der Waals surface area contributed by atoms with Crippen LogP contribution >= 0.6 is 11.6 Å². The quantitative estimate of drug-likeness (QED) is 0.396. The topological polar surface area (TPSA) is 54.7 Å². The molecule has 1 unspecified atom stereocenters. The summed E-state index contributed by atoms with van der Waals surface area (Å²) >= 11 is 6.34. The van der Waals surface area contributed by atoms with Crippen LogP contribution in [0.2, 0.25) is 5.02 Å². The highest BCUT2D eigenvalue weighted by Gasteiger charge is 2.36. The molecular weight excluding hydrogens is 418 g/mol. The van der Waals surface area contributed by atoms with Gasteiger partial charge >= 0.3 is 0 Å². The van der Waals surface area contributed by atoms with Crippen LogP contribution in [-0.2, 0) is 23.1 Å². The fourth-order valence-electron chi connectivity index (χ4n) is 4.63. The summed E-state index contributed by atoms with van der Waals surface area (Å²) in [5.41, 5.74) is 5.00. The molecule has 3 heterocycles. The van der Waals surface area contributed by atoms with Gasteiger partial charge in [-0.3, -0.25) is 0 Å². The van der Waals surface area contributed by atoms with E-state index < -0.39 is 10.0 Å².